The molecule has 3 heteroatoms. The van der Waals surface area contributed by atoms with Gasteiger partial charge in [-0.2, -0.15) is 0 Å². The molecule has 0 bridgehead atoms. The van der Waals surface area contributed by atoms with Crippen LogP contribution in [0.5, 0.6) is 0 Å². The maximum Gasteiger partial charge on any atom is 0.106 e. The fraction of sp³-hybridized carbons (Fsp3) is 0.462. The van der Waals surface area contributed by atoms with Crippen molar-refractivity contribution in [2.24, 2.45) is 11.7 Å². The summed E-state index contributed by atoms with van der Waals surface area (Å²) in [7, 11) is 0. The standard InChI is InChI=1S/C13H18N2S/c1-9-6-7-15(8-9)12-10(2)4-3-5-11(12)13(14)16/h3-5,9H,6-8H2,1-2H3,(H2,14,16). The number of benzene rings is 1. The number of rotatable bonds is 2. The summed E-state index contributed by atoms with van der Waals surface area (Å²) < 4.78 is 0. The number of aryl methyl sites for hydroxylation is 1. The second-order valence-electron chi connectivity index (χ2n) is 4.68. The normalized spacial score (nSPS) is 20.1. The van der Waals surface area contributed by atoms with Crippen molar-refractivity contribution in [3.05, 3.63) is 29.3 Å². The van der Waals surface area contributed by atoms with Gasteiger partial charge in [-0.25, -0.2) is 0 Å². The van der Waals surface area contributed by atoms with Crippen molar-refractivity contribution >= 4 is 22.9 Å². The van der Waals surface area contributed by atoms with Gasteiger partial charge >= 0.3 is 0 Å². The predicted octanol–water partition coefficient (Wildman–Crippen LogP) is 2.48. The van der Waals surface area contributed by atoms with Gasteiger partial charge in [0, 0.05) is 24.3 Å². The molecule has 2 rings (SSSR count). The number of thiocarbonyl (C=S) groups is 1. The molecule has 16 heavy (non-hydrogen) atoms. The lowest BCUT2D eigenvalue weighted by molar-refractivity contribution is 0.659. The highest BCUT2D eigenvalue weighted by Gasteiger charge is 2.22. The van der Waals surface area contributed by atoms with Crippen molar-refractivity contribution in [2.45, 2.75) is 20.3 Å². The first-order valence-corrected chi connectivity index (χ1v) is 6.14. The minimum absolute atomic E-state index is 0.498. The maximum atomic E-state index is 5.79. The molecule has 0 saturated carbocycles. The average Bonchev–Trinajstić information content (AvgIpc) is 2.64. The van der Waals surface area contributed by atoms with E-state index in [0.29, 0.717) is 4.99 Å². The first-order chi connectivity index (χ1) is 7.59. The van der Waals surface area contributed by atoms with Crippen LogP contribution >= 0.6 is 12.2 Å². The Hall–Kier alpha value is -1.09. The summed E-state index contributed by atoms with van der Waals surface area (Å²) in [5.41, 5.74) is 9.31. The van der Waals surface area contributed by atoms with Crippen LogP contribution in [0.2, 0.25) is 0 Å². The molecule has 1 fully saturated rings. The van der Waals surface area contributed by atoms with Crippen LogP contribution in [0.15, 0.2) is 18.2 Å². The molecule has 86 valence electrons. The number of nitrogens with two attached hydrogens (primary N) is 1. The van der Waals surface area contributed by atoms with Crippen LogP contribution in [-0.2, 0) is 0 Å². The van der Waals surface area contributed by atoms with Crippen molar-refractivity contribution in [3.8, 4) is 0 Å². The molecule has 1 atom stereocenters. The van der Waals surface area contributed by atoms with Crippen LogP contribution in [0.25, 0.3) is 0 Å². The van der Waals surface area contributed by atoms with Gasteiger partial charge in [0.2, 0.25) is 0 Å². The van der Waals surface area contributed by atoms with E-state index in [0.717, 1.165) is 24.6 Å². The third kappa shape index (κ3) is 2.05. The highest BCUT2D eigenvalue weighted by molar-refractivity contribution is 7.80. The van der Waals surface area contributed by atoms with Crippen LogP contribution in [0, 0.1) is 12.8 Å². The SMILES string of the molecule is Cc1cccc(C(N)=S)c1N1CCC(C)C1. The Morgan fingerprint density at radius 3 is 2.81 bits per heavy atom. The van der Waals surface area contributed by atoms with Crippen LogP contribution in [0.4, 0.5) is 5.69 Å². The summed E-state index contributed by atoms with van der Waals surface area (Å²) in [5.74, 6) is 0.763. The van der Waals surface area contributed by atoms with Crippen LogP contribution in [0.1, 0.15) is 24.5 Å². The first kappa shape index (κ1) is 11.4. The molecule has 2 N–H and O–H groups in total. The van der Waals surface area contributed by atoms with Gasteiger partial charge in [-0.15, -0.1) is 0 Å². The molecule has 1 aliphatic rings. The second kappa shape index (κ2) is 4.42. The van der Waals surface area contributed by atoms with E-state index < -0.39 is 0 Å². The zero-order valence-electron chi connectivity index (χ0n) is 9.86. The fourth-order valence-corrected chi connectivity index (χ4v) is 2.58. The lowest BCUT2D eigenvalue weighted by atomic mass is 10.1. The highest BCUT2D eigenvalue weighted by Crippen LogP contribution is 2.30. The van der Waals surface area contributed by atoms with Gasteiger partial charge < -0.3 is 10.6 Å². The summed E-state index contributed by atoms with van der Waals surface area (Å²) in [6.07, 6.45) is 1.26. The number of para-hydroxylation sites is 1. The third-order valence-electron chi connectivity index (χ3n) is 3.24. The topological polar surface area (TPSA) is 29.3 Å². The largest absolute Gasteiger partial charge is 0.389 e. The molecule has 1 unspecified atom stereocenters. The lowest BCUT2D eigenvalue weighted by Gasteiger charge is -2.23. The Bertz CT molecular complexity index is 414. The van der Waals surface area contributed by atoms with Crippen molar-refractivity contribution < 1.29 is 0 Å². The average molecular weight is 234 g/mol. The Morgan fingerprint density at radius 1 is 1.50 bits per heavy atom. The number of nitrogens with zero attached hydrogens (tertiary/aromatic N) is 1. The van der Waals surface area contributed by atoms with E-state index in [1.54, 1.807) is 0 Å². The molecule has 1 saturated heterocycles. The summed E-state index contributed by atoms with van der Waals surface area (Å²) in [4.78, 5) is 2.91. The van der Waals surface area contributed by atoms with E-state index in [2.05, 4.69) is 24.8 Å². The number of hydrogen-bond acceptors (Lipinski definition) is 2. The quantitative estimate of drug-likeness (QED) is 0.797. The molecular formula is C13H18N2S. The van der Waals surface area contributed by atoms with Gasteiger partial charge in [0.05, 0.1) is 0 Å². The van der Waals surface area contributed by atoms with E-state index in [1.165, 1.54) is 17.7 Å². The lowest BCUT2D eigenvalue weighted by Crippen LogP contribution is -2.24. The second-order valence-corrected chi connectivity index (χ2v) is 5.12. The van der Waals surface area contributed by atoms with E-state index in [4.69, 9.17) is 18.0 Å². The maximum absolute atomic E-state index is 5.79. The number of hydrogen-bond donors (Lipinski definition) is 1. The van der Waals surface area contributed by atoms with Gasteiger partial charge in [0.1, 0.15) is 4.99 Å². The van der Waals surface area contributed by atoms with Gasteiger partial charge in [0.15, 0.2) is 0 Å². The summed E-state index contributed by atoms with van der Waals surface area (Å²) in [5, 5.41) is 0. The highest BCUT2D eigenvalue weighted by atomic mass is 32.1. The third-order valence-corrected chi connectivity index (χ3v) is 3.46. The zero-order chi connectivity index (χ0) is 11.7. The molecule has 0 aliphatic carbocycles. The summed E-state index contributed by atoms with van der Waals surface area (Å²) >= 11 is 5.13. The summed E-state index contributed by atoms with van der Waals surface area (Å²) in [6, 6.07) is 6.17. The zero-order valence-corrected chi connectivity index (χ0v) is 10.7. The Balaban J connectivity index is 2.42. The Labute approximate surface area is 102 Å². The van der Waals surface area contributed by atoms with Crippen molar-refractivity contribution in [2.75, 3.05) is 18.0 Å². The van der Waals surface area contributed by atoms with Crippen LogP contribution in [0.3, 0.4) is 0 Å². The summed E-state index contributed by atoms with van der Waals surface area (Å²) in [6.45, 7) is 6.64. The van der Waals surface area contributed by atoms with Crippen molar-refractivity contribution in [1.82, 2.24) is 0 Å². The van der Waals surface area contributed by atoms with Crippen molar-refractivity contribution in [1.29, 1.82) is 0 Å². The van der Waals surface area contributed by atoms with E-state index in [-0.39, 0.29) is 0 Å². The molecule has 1 aromatic rings. The molecule has 0 spiro atoms. The molecule has 0 amide bonds. The number of anilines is 1. The van der Waals surface area contributed by atoms with E-state index in [1.807, 2.05) is 12.1 Å². The van der Waals surface area contributed by atoms with Gasteiger partial charge in [0.25, 0.3) is 0 Å². The molecule has 2 nitrogen and oxygen atoms in total. The fourth-order valence-electron chi connectivity index (χ4n) is 2.42. The van der Waals surface area contributed by atoms with E-state index >= 15 is 0 Å². The molecule has 1 aliphatic heterocycles. The molecule has 1 aromatic carbocycles. The minimum atomic E-state index is 0.498. The predicted molar refractivity (Wildman–Crippen MR) is 73.1 cm³/mol. The Morgan fingerprint density at radius 2 is 2.25 bits per heavy atom. The smallest absolute Gasteiger partial charge is 0.106 e. The minimum Gasteiger partial charge on any atom is -0.389 e. The van der Waals surface area contributed by atoms with Crippen molar-refractivity contribution in [3.63, 3.8) is 0 Å². The first-order valence-electron chi connectivity index (χ1n) is 5.74. The molecule has 1 heterocycles. The van der Waals surface area contributed by atoms with Gasteiger partial charge in [-0.3, -0.25) is 0 Å². The monoisotopic (exact) mass is 234 g/mol. The van der Waals surface area contributed by atoms with E-state index in [9.17, 15) is 0 Å². The van der Waals surface area contributed by atoms with Gasteiger partial charge in [-0.05, 0) is 30.9 Å². The molecule has 0 radical (unpaired) electrons. The van der Waals surface area contributed by atoms with Gasteiger partial charge in [-0.1, -0.05) is 31.3 Å². The van der Waals surface area contributed by atoms with Crippen LogP contribution < -0.4 is 10.6 Å². The van der Waals surface area contributed by atoms with Crippen LogP contribution in [-0.4, -0.2) is 18.1 Å². The molecular weight excluding hydrogens is 216 g/mol. The molecule has 0 aromatic heterocycles. The Kier molecular flexibility index (Phi) is 3.15.